The molecule has 4 heteroatoms. The molecule has 0 aliphatic rings. The van der Waals surface area contributed by atoms with Gasteiger partial charge in [0.2, 0.25) is 0 Å². The number of hydrogen-bond acceptors (Lipinski definition) is 1. The van der Waals surface area contributed by atoms with E-state index in [4.69, 9.17) is 11.6 Å². The molecule has 1 aromatic rings. The van der Waals surface area contributed by atoms with Gasteiger partial charge in [-0.05, 0) is 17.7 Å². The minimum atomic E-state index is -0.0973. The second kappa shape index (κ2) is 4.86. The molecule has 0 aliphatic carbocycles. The minimum absolute atomic E-state index is 0.0973. The van der Waals surface area contributed by atoms with Crippen LogP contribution in [0.15, 0.2) is 24.3 Å². The molecule has 3 nitrogen and oxygen atoms in total. The second-order valence-corrected chi connectivity index (χ2v) is 3.47. The predicted octanol–water partition coefficient (Wildman–Crippen LogP) is 2.11. The number of amides is 2. The molecule has 1 rings (SSSR count). The third kappa shape index (κ3) is 2.92. The Kier molecular flexibility index (Phi) is 3.77. The van der Waals surface area contributed by atoms with Crippen LogP contribution in [0.4, 0.5) is 4.79 Å². The monoisotopic (exact) mass is 212 g/mol. The van der Waals surface area contributed by atoms with Crippen molar-refractivity contribution < 1.29 is 4.79 Å². The molecule has 0 aliphatic heterocycles. The van der Waals surface area contributed by atoms with Crippen molar-refractivity contribution in [2.24, 2.45) is 0 Å². The van der Waals surface area contributed by atoms with E-state index < -0.39 is 0 Å². The lowest BCUT2D eigenvalue weighted by molar-refractivity contribution is 0.209. The standard InChI is InChI=1S/C10H13ClN2O/c1-12-10(14)13(2)7-8-3-5-9(11)6-4-8/h3-6H,7H2,1-2H3,(H,12,14). The van der Waals surface area contributed by atoms with Gasteiger partial charge in [-0.2, -0.15) is 0 Å². The van der Waals surface area contributed by atoms with E-state index in [0.29, 0.717) is 11.6 Å². The summed E-state index contributed by atoms with van der Waals surface area (Å²) in [5, 5.41) is 3.26. The number of halogens is 1. The molecule has 1 aromatic carbocycles. The summed E-state index contributed by atoms with van der Waals surface area (Å²) in [6.07, 6.45) is 0. The van der Waals surface area contributed by atoms with Crippen molar-refractivity contribution in [2.75, 3.05) is 14.1 Å². The largest absolute Gasteiger partial charge is 0.341 e. The summed E-state index contributed by atoms with van der Waals surface area (Å²) in [5.41, 5.74) is 1.06. The fourth-order valence-corrected chi connectivity index (χ4v) is 1.25. The zero-order valence-corrected chi connectivity index (χ0v) is 9.01. The molecular weight excluding hydrogens is 200 g/mol. The highest BCUT2D eigenvalue weighted by molar-refractivity contribution is 6.30. The first-order valence-electron chi connectivity index (χ1n) is 4.31. The number of urea groups is 1. The zero-order valence-electron chi connectivity index (χ0n) is 8.25. The lowest BCUT2D eigenvalue weighted by atomic mass is 10.2. The Morgan fingerprint density at radius 1 is 1.43 bits per heavy atom. The predicted molar refractivity (Wildman–Crippen MR) is 57.4 cm³/mol. The Bertz CT molecular complexity index is 310. The van der Waals surface area contributed by atoms with Crippen LogP contribution < -0.4 is 5.32 Å². The molecule has 0 saturated carbocycles. The summed E-state index contributed by atoms with van der Waals surface area (Å²) < 4.78 is 0. The fraction of sp³-hybridized carbons (Fsp3) is 0.300. The van der Waals surface area contributed by atoms with Crippen molar-refractivity contribution in [3.8, 4) is 0 Å². The maximum Gasteiger partial charge on any atom is 0.317 e. The number of hydrogen-bond donors (Lipinski definition) is 1. The molecule has 0 heterocycles. The van der Waals surface area contributed by atoms with E-state index in [-0.39, 0.29) is 6.03 Å². The van der Waals surface area contributed by atoms with E-state index in [0.717, 1.165) is 5.56 Å². The number of carbonyl (C=O) groups is 1. The van der Waals surface area contributed by atoms with Crippen LogP contribution in [-0.2, 0) is 6.54 Å². The van der Waals surface area contributed by atoms with Gasteiger partial charge in [0, 0.05) is 25.7 Å². The van der Waals surface area contributed by atoms with Crippen molar-refractivity contribution in [1.82, 2.24) is 10.2 Å². The van der Waals surface area contributed by atoms with Gasteiger partial charge in [0.25, 0.3) is 0 Å². The lowest BCUT2D eigenvalue weighted by Crippen LogP contribution is -2.34. The highest BCUT2D eigenvalue weighted by Gasteiger charge is 2.05. The minimum Gasteiger partial charge on any atom is -0.341 e. The second-order valence-electron chi connectivity index (χ2n) is 3.04. The molecular formula is C10H13ClN2O. The molecule has 0 unspecified atom stereocenters. The molecule has 0 fully saturated rings. The highest BCUT2D eigenvalue weighted by Crippen LogP contribution is 2.10. The molecule has 0 spiro atoms. The molecule has 0 atom stereocenters. The van der Waals surface area contributed by atoms with Gasteiger partial charge in [0.15, 0.2) is 0 Å². The molecule has 0 saturated heterocycles. The summed E-state index contributed by atoms with van der Waals surface area (Å²) in [4.78, 5) is 12.8. The van der Waals surface area contributed by atoms with Crippen molar-refractivity contribution >= 4 is 17.6 Å². The number of benzene rings is 1. The molecule has 0 radical (unpaired) electrons. The van der Waals surface area contributed by atoms with Gasteiger partial charge >= 0.3 is 6.03 Å². The number of nitrogens with one attached hydrogen (secondary N) is 1. The van der Waals surface area contributed by atoms with Crippen molar-refractivity contribution in [3.05, 3.63) is 34.9 Å². The van der Waals surface area contributed by atoms with Gasteiger partial charge in [-0.25, -0.2) is 4.79 Å². The quantitative estimate of drug-likeness (QED) is 0.800. The van der Waals surface area contributed by atoms with Crippen molar-refractivity contribution in [3.63, 3.8) is 0 Å². The Morgan fingerprint density at radius 3 is 2.50 bits per heavy atom. The van der Waals surface area contributed by atoms with Crippen LogP contribution in [0, 0.1) is 0 Å². The third-order valence-corrected chi connectivity index (χ3v) is 2.15. The van der Waals surface area contributed by atoms with E-state index in [1.165, 1.54) is 0 Å². The lowest BCUT2D eigenvalue weighted by Gasteiger charge is -2.16. The first kappa shape index (κ1) is 10.9. The van der Waals surface area contributed by atoms with Gasteiger partial charge in [-0.15, -0.1) is 0 Å². The van der Waals surface area contributed by atoms with Crippen LogP contribution in [0.25, 0.3) is 0 Å². The third-order valence-electron chi connectivity index (χ3n) is 1.89. The topological polar surface area (TPSA) is 32.3 Å². The molecule has 0 aromatic heterocycles. The van der Waals surface area contributed by atoms with Crippen LogP contribution in [0.1, 0.15) is 5.56 Å². The zero-order chi connectivity index (χ0) is 10.6. The SMILES string of the molecule is CNC(=O)N(C)Cc1ccc(Cl)cc1. The van der Waals surface area contributed by atoms with Crippen LogP contribution in [-0.4, -0.2) is 25.0 Å². The molecule has 1 N–H and O–H groups in total. The summed E-state index contributed by atoms with van der Waals surface area (Å²) >= 11 is 5.75. The van der Waals surface area contributed by atoms with Gasteiger partial charge in [0.1, 0.15) is 0 Å². The van der Waals surface area contributed by atoms with E-state index >= 15 is 0 Å². The van der Waals surface area contributed by atoms with E-state index in [9.17, 15) is 4.79 Å². The smallest absolute Gasteiger partial charge is 0.317 e. The van der Waals surface area contributed by atoms with Gasteiger partial charge < -0.3 is 10.2 Å². The Labute approximate surface area is 88.7 Å². The highest BCUT2D eigenvalue weighted by atomic mass is 35.5. The van der Waals surface area contributed by atoms with Crippen molar-refractivity contribution in [1.29, 1.82) is 0 Å². The summed E-state index contributed by atoms with van der Waals surface area (Å²) in [6, 6.07) is 7.34. The van der Waals surface area contributed by atoms with Gasteiger partial charge in [-0.3, -0.25) is 0 Å². The fourth-order valence-electron chi connectivity index (χ4n) is 1.13. The molecule has 14 heavy (non-hydrogen) atoms. The Hall–Kier alpha value is -1.22. The molecule has 76 valence electrons. The summed E-state index contributed by atoms with van der Waals surface area (Å²) in [7, 11) is 3.36. The average Bonchev–Trinajstić information content (AvgIpc) is 2.20. The molecule has 2 amide bonds. The summed E-state index contributed by atoms with van der Waals surface area (Å²) in [5.74, 6) is 0. The summed E-state index contributed by atoms with van der Waals surface area (Å²) in [6.45, 7) is 0.580. The van der Waals surface area contributed by atoms with Crippen LogP contribution >= 0.6 is 11.6 Å². The van der Waals surface area contributed by atoms with Crippen LogP contribution in [0.5, 0.6) is 0 Å². The first-order valence-corrected chi connectivity index (χ1v) is 4.68. The Balaban J connectivity index is 2.60. The number of rotatable bonds is 2. The maximum atomic E-state index is 11.2. The first-order chi connectivity index (χ1) is 6.63. The normalized spacial score (nSPS) is 9.64. The molecule has 0 bridgehead atoms. The maximum absolute atomic E-state index is 11.2. The van der Waals surface area contributed by atoms with E-state index in [2.05, 4.69) is 5.32 Å². The number of nitrogens with zero attached hydrogens (tertiary/aromatic N) is 1. The van der Waals surface area contributed by atoms with Gasteiger partial charge in [0.05, 0.1) is 0 Å². The van der Waals surface area contributed by atoms with Crippen LogP contribution in [0.3, 0.4) is 0 Å². The Morgan fingerprint density at radius 2 is 2.00 bits per heavy atom. The van der Waals surface area contributed by atoms with Crippen LogP contribution in [0.2, 0.25) is 5.02 Å². The van der Waals surface area contributed by atoms with Crippen molar-refractivity contribution in [2.45, 2.75) is 6.54 Å². The van der Waals surface area contributed by atoms with E-state index in [1.54, 1.807) is 19.0 Å². The van der Waals surface area contributed by atoms with E-state index in [1.807, 2.05) is 24.3 Å². The average molecular weight is 213 g/mol. The van der Waals surface area contributed by atoms with Gasteiger partial charge in [-0.1, -0.05) is 23.7 Å². The number of carbonyl (C=O) groups excluding carboxylic acids is 1.